The molecule has 1 heterocycles. The van der Waals surface area contributed by atoms with E-state index in [9.17, 15) is 10.1 Å². The average Bonchev–Trinajstić information content (AvgIpc) is 2.79. The summed E-state index contributed by atoms with van der Waals surface area (Å²) in [7, 11) is 0. The van der Waals surface area contributed by atoms with Crippen molar-refractivity contribution in [3.05, 3.63) is 27.1 Å². The van der Waals surface area contributed by atoms with Crippen molar-refractivity contribution < 1.29 is 4.92 Å². The molecule has 0 atom stereocenters. The highest BCUT2D eigenvalue weighted by Crippen LogP contribution is 2.24. The molecule has 5 heteroatoms. The first-order chi connectivity index (χ1) is 8.25. The zero-order chi connectivity index (χ0) is 12.1. The summed E-state index contributed by atoms with van der Waals surface area (Å²) in [6, 6.07) is 3.29. The third-order valence-corrected chi connectivity index (χ3v) is 4.07. The van der Waals surface area contributed by atoms with E-state index in [4.69, 9.17) is 0 Å². The first kappa shape index (κ1) is 12.2. The van der Waals surface area contributed by atoms with E-state index >= 15 is 0 Å². The minimum absolute atomic E-state index is 0.184. The van der Waals surface area contributed by atoms with E-state index in [0.29, 0.717) is 0 Å². The van der Waals surface area contributed by atoms with Crippen LogP contribution in [0, 0.1) is 16.0 Å². The summed E-state index contributed by atoms with van der Waals surface area (Å²) in [5.41, 5.74) is 0. The maximum absolute atomic E-state index is 10.5. The second-order valence-electron chi connectivity index (χ2n) is 4.43. The van der Waals surface area contributed by atoms with Crippen LogP contribution >= 0.6 is 11.3 Å². The monoisotopic (exact) mass is 252 g/mol. The first-order valence-corrected chi connectivity index (χ1v) is 6.81. The lowest BCUT2D eigenvalue weighted by Crippen LogP contribution is -2.09. The molecule has 4 nitrogen and oxygen atoms in total. The second kappa shape index (κ2) is 5.91. The molecular weight excluding hydrogens is 236 g/mol. The Bertz CT molecular complexity index is 408. The minimum Gasteiger partial charge on any atom is -0.291 e. The maximum atomic E-state index is 10.5. The third-order valence-electron chi connectivity index (χ3n) is 3.10. The average molecular weight is 252 g/mol. The molecule has 17 heavy (non-hydrogen) atoms. The number of rotatable bonds is 4. The van der Waals surface area contributed by atoms with E-state index in [1.807, 2.05) is 0 Å². The van der Waals surface area contributed by atoms with Gasteiger partial charge in [0.2, 0.25) is 0 Å². The molecule has 1 aromatic heterocycles. The van der Waals surface area contributed by atoms with Gasteiger partial charge in [-0.3, -0.25) is 15.1 Å². The minimum atomic E-state index is -0.358. The molecule has 92 valence electrons. The zero-order valence-electron chi connectivity index (χ0n) is 9.67. The van der Waals surface area contributed by atoms with Crippen molar-refractivity contribution >= 4 is 22.6 Å². The van der Waals surface area contributed by atoms with Gasteiger partial charge < -0.3 is 0 Å². The highest BCUT2D eigenvalue weighted by molar-refractivity contribution is 7.16. The molecule has 0 saturated heterocycles. The van der Waals surface area contributed by atoms with Gasteiger partial charge in [-0.1, -0.05) is 30.6 Å². The molecule has 0 unspecified atom stereocenters. The molecule has 0 spiro atoms. The number of nitro groups is 1. The van der Waals surface area contributed by atoms with Gasteiger partial charge in [-0.15, -0.1) is 0 Å². The summed E-state index contributed by atoms with van der Waals surface area (Å²) in [6.45, 7) is 0.867. The summed E-state index contributed by atoms with van der Waals surface area (Å²) in [4.78, 5) is 15.4. The van der Waals surface area contributed by atoms with Crippen molar-refractivity contribution in [2.24, 2.45) is 10.9 Å². The van der Waals surface area contributed by atoms with Gasteiger partial charge in [0.15, 0.2) is 0 Å². The molecule has 2 rings (SSSR count). The Labute approximate surface area is 105 Å². The molecule has 0 amide bonds. The Balaban J connectivity index is 1.84. The molecule has 1 fully saturated rings. The number of aliphatic imine (C=N–C) groups is 1. The van der Waals surface area contributed by atoms with Crippen LogP contribution in [0.15, 0.2) is 17.1 Å². The van der Waals surface area contributed by atoms with Crippen molar-refractivity contribution in [1.29, 1.82) is 0 Å². The van der Waals surface area contributed by atoms with Crippen LogP contribution in [0.5, 0.6) is 0 Å². The van der Waals surface area contributed by atoms with Crippen LogP contribution in [0.3, 0.4) is 0 Å². The van der Waals surface area contributed by atoms with E-state index in [0.717, 1.165) is 17.3 Å². The fourth-order valence-electron chi connectivity index (χ4n) is 2.17. The fourth-order valence-corrected chi connectivity index (χ4v) is 2.89. The van der Waals surface area contributed by atoms with Crippen molar-refractivity contribution in [2.45, 2.75) is 32.1 Å². The fraction of sp³-hybridized carbons (Fsp3) is 0.583. The second-order valence-corrected chi connectivity index (χ2v) is 5.53. The predicted molar refractivity (Wildman–Crippen MR) is 70.0 cm³/mol. The SMILES string of the molecule is O=[N+]([O-])c1ccc(C=NCC2CCCCC2)s1. The van der Waals surface area contributed by atoms with E-state index in [1.165, 1.54) is 49.5 Å². The lowest BCUT2D eigenvalue weighted by molar-refractivity contribution is -0.380. The van der Waals surface area contributed by atoms with E-state index in [-0.39, 0.29) is 9.92 Å². The van der Waals surface area contributed by atoms with Gasteiger partial charge in [-0.2, -0.15) is 0 Å². The van der Waals surface area contributed by atoms with Gasteiger partial charge >= 0.3 is 5.00 Å². The van der Waals surface area contributed by atoms with Crippen LogP contribution in [-0.2, 0) is 0 Å². The van der Waals surface area contributed by atoms with E-state index in [2.05, 4.69) is 4.99 Å². The Morgan fingerprint density at radius 1 is 1.41 bits per heavy atom. The topological polar surface area (TPSA) is 55.5 Å². The number of thiophene rings is 1. The number of hydrogen-bond donors (Lipinski definition) is 0. The third kappa shape index (κ3) is 3.63. The molecule has 0 radical (unpaired) electrons. The van der Waals surface area contributed by atoms with Crippen LogP contribution in [0.1, 0.15) is 37.0 Å². The molecular formula is C12H16N2O2S. The molecule has 1 aliphatic rings. The van der Waals surface area contributed by atoms with Gasteiger partial charge in [-0.25, -0.2) is 0 Å². The summed E-state index contributed by atoms with van der Waals surface area (Å²) < 4.78 is 0. The maximum Gasteiger partial charge on any atom is 0.324 e. The molecule has 0 bridgehead atoms. The van der Waals surface area contributed by atoms with Gasteiger partial charge in [-0.05, 0) is 24.8 Å². The van der Waals surface area contributed by atoms with E-state index < -0.39 is 0 Å². The highest BCUT2D eigenvalue weighted by Gasteiger charge is 2.12. The number of nitrogens with zero attached hydrogens (tertiary/aromatic N) is 2. The Morgan fingerprint density at radius 3 is 2.82 bits per heavy atom. The van der Waals surface area contributed by atoms with Crippen LogP contribution < -0.4 is 0 Å². The van der Waals surface area contributed by atoms with Gasteiger partial charge in [0.05, 0.1) is 9.80 Å². The lowest BCUT2D eigenvalue weighted by atomic mass is 9.89. The number of hydrogen-bond acceptors (Lipinski definition) is 4. The molecule has 1 saturated carbocycles. The van der Waals surface area contributed by atoms with Crippen LogP contribution in [0.25, 0.3) is 0 Å². The van der Waals surface area contributed by atoms with E-state index in [1.54, 1.807) is 12.3 Å². The van der Waals surface area contributed by atoms with Crippen molar-refractivity contribution in [3.63, 3.8) is 0 Å². The summed E-state index contributed by atoms with van der Waals surface area (Å²) in [5, 5.41) is 10.7. The van der Waals surface area contributed by atoms with Crippen LogP contribution in [-0.4, -0.2) is 17.7 Å². The zero-order valence-corrected chi connectivity index (χ0v) is 10.5. The van der Waals surface area contributed by atoms with Crippen molar-refractivity contribution in [3.8, 4) is 0 Å². The van der Waals surface area contributed by atoms with Crippen LogP contribution in [0.2, 0.25) is 0 Å². The summed E-state index contributed by atoms with van der Waals surface area (Å²) >= 11 is 1.18. The summed E-state index contributed by atoms with van der Waals surface area (Å²) in [6.07, 6.45) is 8.34. The Hall–Kier alpha value is -1.23. The molecule has 1 aliphatic carbocycles. The van der Waals surface area contributed by atoms with Gasteiger partial charge in [0.1, 0.15) is 0 Å². The molecule has 0 aliphatic heterocycles. The smallest absolute Gasteiger partial charge is 0.291 e. The van der Waals surface area contributed by atoms with Crippen LogP contribution in [0.4, 0.5) is 5.00 Å². The lowest BCUT2D eigenvalue weighted by Gasteiger charge is -2.19. The van der Waals surface area contributed by atoms with Crippen molar-refractivity contribution in [2.75, 3.05) is 6.54 Å². The Morgan fingerprint density at radius 2 is 2.18 bits per heavy atom. The molecule has 0 aromatic carbocycles. The normalized spacial score (nSPS) is 17.6. The van der Waals surface area contributed by atoms with Crippen molar-refractivity contribution in [1.82, 2.24) is 0 Å². The quantitative estimate of drug-likeness (QED) is 0.466. The van der Waals surface area contributed by atoms with Gasteiger partial charge in [0.25, 0.3) is 0 Å². The predicted octanol–water partition coefficient (Wildman–Crippen LogP) is 3.66. The Kier molecular flexibility index (Phi) is 4.25. The molecule has 1 aromatic rings. The highest BCUT2D eigenvalue weighted by atomic mass is 32.1. The largest absolute Gasteiger partial charge is 0.324 e. The summed E-state index contributed by atoms with van der Waals surface area (Å²) in [5.74, 6) is 0.718. The first-order valence-electron chi connectivity index (χ1n) is 6.00. The van der Waals surface area contributed by atoms with Gasteiger partial charge in [0, 0.05) is 18.8 Å². The molecule has 0 N–H and O–H groups in total. The standard InChI is InChI=1S/C12H16N2O2S/c15-14(16)12-7-6-11(17-12)9-13-8-10-4-2-1-3-5-10/h6-7,9-10H,1-5,8H2.